The van der Waals surface area contributed by atoms with Gasteiger partial charge in [0, 0.05) is 18.4 Å². The van der Waals surface area contributed by atoms with Crippen LogP contribution in [0.2, 0.25) is 0 Å². The van der Waals surface area contributed by atoms with Crippen LogP contribution in [0.4, 0.5) is 0 Å². The van der Waals surface area contributed by atoms with Crippen molar-refractivity contribution in [2.75, 3.05) is 26.9 Å². The summed E-state index contributed by atoms with van der Waals surface area (Å²) in [6.45, 7) is 4.11. The van der Waals surface area contributed by atoms with E-state index < -0.39 is 0 Å². The van der Waals surface area contributed by atoms with E-state index in [1.165, 1.54) is 0 Å². The molecule has 5 nitrogen and oxygen atoms in total. The lowest BCUT2D eigenvalue weighted by molar-refractivity contribution is -0.0237. The smallest absolute Gasteiger partial charge is 0.168 e. The summed E-state index contributed by atoms with van der Waals surface area (Å²) in [4.78, 5) is 5.64. The van der Waals surface area contributed by atoms with Crippen LogP contribution in [0.1, 0.15) is 31.7 Å². The van der Waals surface area contributed by atoms with E-state index in [1.54, 1.807) is 7.11 Å². The van der Waals surface area contributed by atoms with Crippen LogP contribution in [0, 0.1) is 0 Å². The minimum Gasteiger partial charge on any atom is -0.493 e. The van der Waals surface area contributed by atoms with Crippen molar-refractivity contribution in [3.63, 3.8) is 0 Å². The Labute approximate surface area is 124 Å². The van der Waals surface area contributed by atoms with Crippen molar-refractivity contribution in [2.24, 2.45) is 5.16 Å². The molecule has 0 amide bonds. The standard InChI is InChI=1S/C16H21NO4/c1-3-7-20-15-9-12(4-5-14(15)18-2)13-10-16(21-17-13)6-8-19-11-16/h4-5,9H,3,6-8,10-11H2,1-2H3. The second-order valence-corrected chi connectivity index (χ2v) is 5.51. The van der Waals surface area contributed by atoms with Crippen LogP contribution in [0.5, 0.6) is 11.5 Å². The van der Waals surface area contributed by atoms with Gasteiger partial charge in [0.25, 0.3) is 0 Å². The number of hydrogen-bond donors (Lipinski definition) is 0. The molecule has 114 valence electrons. The predicted molar refractivity (Wildman–Crippen MR) is 79.2 cm³/mol. The number of methoxy groups -OCH3 is 1. The summed E-state index contributed by atoms with van der Waals surface area (Å²) in [5, 5.41) is 4.26. The third-order valence-corrected chi connectivity index (χ3v) is 3.86. The molecular formula is C16H21NO4. The van der Waals surface area contributed by atoms with Crippen LogP contribution in [0.25, 0.3) is 0 Å². The molecule has 1 aromatic rings. The lowest BCUT2D eigenvalue weighted by Crippen LogP contribution is -2.29. The first-order valence-electron chi connectivity index (χ1n) is 7.40. The predicted octanol–water partition coefficient (Wildman–Crippen LogP) is 2.77. The number of benzene rings is 1. The van der Waals surface area contributed by atoms with Gasteiger partial charge < -0.3 is 19.0 Å². The van der Waals surface area contributed by atoms with Gasteiger partial charge in [-0.25, -0.2) is 0 Å². The minimum absolute atomic E-state index is 0.250. The van der Waals surface area contributed by atoms with Gasteiger partial charge in [-0.3, -0.25) is 0 Å². The molecule has 21 heavy (non-hydrogen) atoms. The molecule has 0 N–H and O–H groups in total. The second-order valence-electron chi connectivity index (χ2n) is 5.51. The van der Waals surface area contributed by atoms with Crippen molar-refractivity contribution in [3.8, 4) is 11.5 Å². The molecule has 1 fully saturated rings. The van der Waals surface area contributed by atoms with Crippen LogP contribution in [0.15, 0.2) is 23.4 Å². The quantitative estimate of drug-likeness (QED) is 0.837. The maximum atomic E-state index is 5.75. The van der Waals surface area contributed by atoms with Gasteiger partial charge in [0.1, 0.15) is 0 Å². The van der Waals surface area contributed by atoms with E-state index in [2.05, 4.69) is 12.1 Å². The Hall–Kier alpha value is -1.75. The Balaban J connectivity index is 1.79. The van der Waals surface area contributed by atoms with Crippen LogP contribution < -0.4 is 9.47 Å². The maximum absolute atomic E-state index is 5.75. The average Bonchev–Trinajstić information content (AvgIpc) is 3.15. The van der Waals surface area contributed by atoms with Crippen molar-refractivity contribution in [2.45, 2.75) is 31.8 Å². The molecule has 2 aliphatic heterocycles. The number of oxime groups is 1. The lowest BCUT2D eigenvalue weighted by Gasteiger charge is -2.17. The van der Waals surface area contributed by atoms with Crippen molar-refractivity contribution in [3.05, 3.63) is 23.8 Å². The molecule has 1 spiro atoms. The molecule has 2 aliphatic rings. The molecule has 3 rings (SSSR count). The van der Waals surface area contributed by atoms with Crippen LogP contribution in [-0.4, -0.2) is 38.2 Å². The molecule has 0 saturated carbocycles. The van der Waals surface area contributed by atoms with Crippen molar-refractivity contribution in [1.82, 2.24) is 0 Å². The summed E-state index contributed by atoms with van der Waals surface area (Å²) in [5.74, 6) is 1.49. The number of rotatable bonds is 5. The highest BCUT2D eigenvalue weighted by Crippen LogP contribution is 2.36. The van der Waals surface area contributed by atoms with E-state index in [0.717, 1.165) is 48.6 Å². The molecule has 1 saturated heterocycles. The first-order valence-corrected chi connectivity index (χ1v) is 7.40. The summed E-state index contributed by atoms with van der Waals surface area (Å²) in [6.07, 6.45) is 2.64. The van der Waals surface area contributed by atoms with Gasteiger partial charge in [0.2, 0.25) is 0 Å². The molecule has 1 unspecified atom stereocenters. The van der Waals surface area contributed by atoms with Gasteiger partial charge >= 0.3 is 0 Å². The molecule has 0 bridgehead atoms. The Kier molecular flexibility index (Phi) is 4.01. The zero-order valence-corrected chi connectivity index (χ0v) is 12.6. The van der Waals surface area contributed by atoms with E-state index in [0.29, 0.717) is 13.2 Å². The fourth-order valence-corrected chi connectivity index (χ4v) is 2.66. The average molecular weight is 291 g/mol. The van der Waals surface area contributed by atoms with Crippen molar-refractivity contribution in [1.29, 1.82) is 0 Å². The Morgan fingerprint density at radius 3 is 2.95 bits per heavy atom. The zero-order valence-electron chi connectivity index (χ0n) is 12.6. The molecule has 0 aromatic heterocycles. The first-order chi connectivity index (χ1) is 10.3. The van der Waals surface area contributed by atoms with Crippen LogP contribution in [0.3, 0.4) is 0 Å². The Bertz CT molecular complexity index is 535. The number of nitrogens with zero attached hydrogens (tertiary/aromatic N) is 1. The number of hydrogen-bond acceptors (Lipinski definition) is 5. The van der Waals surface area contributed by atoms with Crippen molar-refractivity contribution >= 4 is 5.71 Å². The molecule has 1 atom stereocenters. The summed E-state index contributed by atoms with van der Waals surface area (Å²) in [5.41, 5.74) is 1.72. The van der Waals surface area contributed by atoms with E-state index in [-0.39, 0.29) is 5.60 Å². The largest absolute Gasteiger partial charge is 0.493 e. The first kappa shape index (κ1) is 14.2. The summed E-state index contributed by atoms with van der Waals surface area (Å²) < 4.78 is 16.5. The van der Waals surface area contributed by atoms with Crippen molar-refractivity contribution < 1.29 is 19.0 Å². The molecule has 5 heteroatoms. The second kappa shape index (κ2) is 5.93. The van der Waals surface area contributed by atoms with Gasteiger partial charge in [0.15, 0.2) is 17.1 Å². The van der Waals surface area contributed by atoms with E-state index in [4.69, 9.17) is 19.0 Å². The Morgan fingerprint density at radius 2 is 2.24 bits per heavy atom. The molecular weight excluding hydrogens is 270 g/mol. The van der Waals surface area contributed by atoms with Gasteiger partial charge in [-0.1, -0.05) is 12.1 Å². The van der Waals surface area contributed by atoms with E-state index >= 15 is 0 Å². The Morgan fingerprint density at radius 1 is 1.33 bits per heavy atom. The zero-order chi connectivity index (χ0) is 14.7. The molecule has 1 aromatic carbocycles. The third-order valence-electron chi connectivity index (χ3n) is 3.86. The summed E-state index contributed by atoms with van der Waals surface area (Å²) in [6, 6.07) is 5.89. The SMILES string of the molecule is CCCOc1cc(C2=NOC3(CCOC3)C2)ccc1OC. The molecule has 0 radical (unpaired) electrons. The summed E-state index contributed by atoms with van der Waals surface area (Å²) >= 11 is 0. The molecule has 2 heterocycles. The molecule has 0 aliphatic carbocycles. The van der Waals surface area contributed by atoms with Gasteiger partial charge in [-0.15, -0.1) is 0 Å². The van der Waals surface area contributed by atoms with Gasteiger partial charge in [-0.05, 0) is 24.6 Å². The highest BCUT2D eigenvalue weighted by atomic mass is 16.7. The van der Waals surface area contributed by atoms with Gasteiger partial charge in [0.05, 0.1) is 32.6 Å². The monoisotopic (exact) mass is 291 g/mol. The minimum atomic E-state index is -0.250. The normalized spacial score (nSPS) is 24.0. The fraction of sp³-hybridized carbons (Fsp3) is 0.562. The van der Waals surface area contributed by atoms with E-state index in [9.17, 15) is 0 Å². The lowest BCUT2D eigenvalue weighted by atomic mass is 9.93. The highest BCUT2D eigenvalue weighted by molar-refractivity contribution is 6.02. The van der Waals surface area contributed by atoms with E-state index in [1.807, 2.05) is 18.2 Å². The van der Waals surface area contributed by atoms with Crippen LogP contribution >= 0.6 is 0 Å². The van der Waals surface area contributed by atoms with Crippen LogP contribution in [-0.2, 0) is 9.57 Å². The third kappa shape index (κ3) is 2.83. The topological polar surface area (TPSA) is 49.3 Å². The number of ether oxygens (including phenoxy) is 3. The van der Waals surface area contributed by atoms with Gasteiger partial charge in [-0.2, -0.15) is 0 Å². The fourth-order valence-electron chi connectivity index (χ4n) is 2.66. The maximum Gasteiger partial charge on any atom is 0.168 e. The summed E-state index contributed by atoms with van der Waals surface area (Å²) in [7, 11) is 1.65. The highest BCUT2D eigenvalue weighted by Gasteiger charge is 2.43.